The number of rotatable bonds is 6. The average molecular weight is 423 g/mol. The summed E-state index contributed by atoms with van der Waals surface area (Å²) in [7, 11) is 6.66. The number of hydrogen-bond donors (Lipinski definition) is 1. The van der Waals surface area contributed by atoms with Gasteiger partial charge < -0.3 is 29.3 Å². The zero-order chi connectivity index (χ0) is 20.1. The second-order valence-electron chi connectivity index (χ2n) is 6.53. The Morgan fingerprint density at radius 1 is 1.03 bits per heavy atom. The molecule has 1 amide bonds. The van der Waals surface area contributed by atoms with Crippen LogP contribution in [0, 0.1) is 0 Å². The number of carbonyl (C=O) groups is 1. The third-order valence-corrected chi connectivity index (χ3v) is 4.76. The fraction of sp³-hybridized carbons (Fsp3) is 0.400. The van der Waals surface area contributed by atoms with E-state index in [1.807, 2.05) is 12.1 Å². The van der Waals surface area contributed by atoms with Gasteiger partial charge in [-0.1, -0.05) is 0 Å². The van der Waals surface area contributed by atoms with Gasteiger partial charge in [-0.3, -0.25) is 4.79 Å². The molecule has 1 N–H and O–H groups in total. The second kappa shape index (κ2) is 10.2. The number of ether oxygens (including phenoxy) is 3. The molecule has 1 fully saturated rings. The lowest BCUT2D eigenvalue weighted by Gasteiger charge is -2.34. The Kier molecular flexibility index (Phi) is 7.92. The number of amides is 1. The van der Waals surface area contributed by atoms with Crippen LogP contribution in [0.4, 0.5) is 11.5 Å². The lowest BCUT2D eigenvalue weighted by Crippen LogP contribution is -2.45. The number of nitrogens with one attached hydrogen (secondary N) is 1. The molecule has 2 heterocycles. The molecule has 0 unspecified atom stereocenters. The minimum atomic E-state index is -0.275. The first kappa shape index (κ1) is 22.6. The van der Waals surface area contributed by atoms with E-state index in [1.165, 1.54) is 21.3 Å². The van der Waals surface area contributed by atoms with E-state index in [-0.39, 0.29) is 18.3 Å². The van der Waals surface area contributed by atoms with Crippen molar-refractivity contribution in [2.75, 3.05) is 64.8 Å². The van der Waals surface area contributed by atoms with Crippen LogP contribution >= 0.6 is 12.4 Å². The number of benzene rings is 1. The smallest absolute Gasteiger partial charge is 0.256 e. The molecule has 8 nitrogen and oxygen atoms in total. The quantitative estimate of drug-likeness (QED) is 0.766. The van der Waals surface area contributed by atoms with E-state index in [0.29, 0.717) is 28.5 Å². The summed E-state index contributed by atoms with van der Waals surface area (Å²) >= 11 is 0. The van der Waals surface area contributed by atoms with Crippen molar-refractivity contribution in [2.45, 2.75) is 0 Å². The van der Waals surface area contributed by atoms with Gasteiger partial charge in [-0.25, -0.2) is 4.98 Å². The number of carbonyl (C=O) groups excluding carboxylic acids is 1. The first-order valence-electron chi connectivity index (χ1n) is 9.07. The number of halogens is 1. The van der Waals surface area contributed by atoms with Gasteiger partial charge in [-0.15, -0.1) is 12.4 Å². The minimum absolute atomic E-state index is 0. The molecule has 9 heteroatoms. The number of anilines is 2. The monoisotopic (exact) mass is 422 g/mol. The van der Waals surface area contributed by atoms with E-state index in [1.54, 1.807) is 18.3 Å². The highest BCUT2D eigenvalue weighted by Gasteiger charge is 2.21. The van der Waals surface area contributed by atoms with Crippen molar-refractivity contribution in [1.82, 2.24) is 9.88 Å². The van der Waals surface area contributed by atoms with Gasteiger partial charge in [0, 0.05) is 37.9 Å². The van der Waals surface area contributed by atoms with Crippen LogP contribution in [0.15, 0.2) is 30.5 Å². The van der Waals surface area contributed by atoms with Gasteiger partial charge in [0.25, 0.3) is 5.91 Å². The first-order chi connectivity index (χ1) is 13.6. The molecule has 0 saturated carbocycles. The standard InChI is InChI=1S/C20H26N4O4.ClH/c1-23-8-10-24(11-9-23)19-15(6-5-7-21-19)22-20(25)14-12-16(26-2)18(28-4)17(13-14)27-3;/h5-7,12-13H,8-11H2,1-4H3,(H,22,25);1H. The molecule has 3 rings (SSSR count). The number of piperazine rings is 1. The van der Waals surface area contributed by atoms with Crippen molar-refractivity contribution < 1.29 is 19.0 Å². The lowest BCUT2D eigenvalue weighted by atomic mass is 10.1. The van der Waals surface area contributed by atoms with E-state index in [9.17, 15) is 4.79 Å². The molecule has 0 atom stereocenters. The van der Waals surface area contributed by atoms with Crippen molar-refractivity contribution in [3.63, 3.8) is 0 Å². The lowest BCUT2D eigenvalue weighted by molar-refractivity contribution is 0.102. The molecule has 1 aliphatic rings. The molecule has 1 saturated heterocycles. The fourth-order valence-electron chi connectivity index (χ4n) is 3.17. The molecule has 2 aromatic rings. The molecule has 0 bridgehead atoms. The Bertz CT molecular complexity index is 816. The van der Waals surface area contributed by atoms with Gasteiger partial charge in [0.15, 0.2) is 17.3 Å². The number of nitrogens with zero attached hydrogens (tertiary/aromatic N) is 3. The van der Waals surface area contributed by atoms with Crippen LogP contribution in [0.2, 0.25) is 0 Å². The van der Waals surface area contributed by atoms with E-state index < -0.39 is 0 Å². The van der Waals surface area contributed by atoms with Gasteiger partial charge in [-0.2, -0.15) is 0 Å². The Balaban J connectivity index is 0.00000300. The van der Waals surface area contributed by atoms with Crippen LogP contribution in [0.1, 0.15) is 10.4 Å². The van der Waals surface area contributed by atoms with Gasteiger partial charge >= 0.3 is 0 Å². The fourth-order valence-corrected chi connectivity index (χ4v) is 3.17. The van der Waals surface area contributed by atoms with Gasteiger partial charge in [-0.05, 0) is 31.3 Å². The second-order valence-corrected chi connectivity index (χ2v) is 6.53. The van der Waals surface area contributed by atoms with Gasteiger partial charge in [0.1, 0.15) is 0 Å². The number of methoxy groups -OCH3 is 3. The van der Waals surface area contributed by atoms with Crippen LogP contribution in [-0.4, -0.2) is 70.3 Å². The van der Waals surface area contributed by atoms with Crippen molar-refractivity contribution in [1.29, 1.82) is 0 Å². The number of pyridine rings is 1. The summed E-state index contributed by atoms with van der Waals surface area (Å²) < 4.78 is 16.0. The third-order valence-electron chi connectivity index (χ3n) is 4.76. The maximum atomic E-state index is 12.9. The predicted octanol–water partition coefficient (Wildman–Crippen LogP) is 2.53. The molecule has 1 aliphatic heterocycles. The molecule has 158 valence electrons. The highest BCUT2D eigenvalue weighted by molar-refractivity contribution is 6.06. The van der Waals surface area contributed by atoms with Crippen LogP contribution in [0.3, 0.4) is 0 Å². The van der Waals surface area contributed by atoms with Gasteiger partial charge in [0.05, 0.1) is 27.0 Å². The van der Waals surface area contributed by atoms with Crippen molar-refractivity contribution in [3.05, 3.63) is 36.0 Å². The summed E-state index contributed by atoms with van der Waals surface area (Å²) in [5.41, 5.74) is 1.08. The summed E-state index contributed by atoms with van der Waals surface area (Å²) in [6.45, 7) is 3.63. The molecule has 0 spiro atoms. The van der Waals surface area contributed by atoms with Crippen molar-refractivity contribution in [3.8, 4) is 17.2 Å². The van der Waals surface area contributed by atoms with E-state index >= 15 is 0 Å². The zero-order valence-corrected chi connectivity index (χ0v) is 17.9. The number of aromatic nitrogens is 1. The molecular formula is C20H27ClN4O4. The zero-order valence-electron chi connectivity index (χ0n) is 17.1. The Morgan fingerprint density at radius 3 is 2.21 bits per heavy atom. The topological polar surface area (TPSA) is 76.2 Å². The molecule has 0 radical (unpaired) electrons. The predicted molar refractivity (Wildman–Crippen MR) is 115 cm³/mol. The summed E-state index contributed by atoms with van der Waals surface area (Å²) in [5.74, 6) is 1.80. The largest absolute Gasteiger partial charge is 0.493 e. The van der Waals surface area contributed by atoms with Crippen molar-refractivity contribution in [2.24, 2.45) is 0 Å². The minimum Gasteiger partial charge on any atom is -0.493 e. The highest BCUT2D eigenvalue weighted by Crippen LogP contribution is 2.38. The van der Waals surface area contributed by atoms with Gasteiger partial charge in [0.2, 0.25) is 5.75 Å². The summed E-state index contributed by atoms with van der Waals surface area (Å²) in [6, 6.07) is 6.92. The maximum Gasteiger partial charge on any atom is 0.256 e. The van der Waals surface area contributed by atoms with Crippen molar-refractivity contribution >= 4 is 29.8 Å². The maximum absolute atomic E-state index is 12.9. The molecule has 0 aliphatic carbocycles. The normalized spacial score (nSPS) is 14.0. The number of hydrogen-bond acceptors (Lipinski definition) is 7. The van der Waals surface area contributed by atoms with E-state index in [2.05, 4.69) is 27.1 Å². The summed E-state index contributed by atoms with van der Waals surface area (Å²) in [5, 5.41) is 2.97. The van der Waals surface area contributed by atoms with Crippen LogP contribution < -0.4 is 24.4 Å². The van der Waals surface area contributed by atoms with Crippen LogP contribution in [-0.2, 0) is 0 Å². The van der Waals surface area contributed by atoms with Crippen LogP contribution in [0.5, 0.6) is 17.2 Å². The third kappa shape index (κ3) is 5.02. The Hall–Kier alpha value is -2.71. The molecular weight excluding hydrogens is 396 g/mol. The Morgan fingerprint density at radius 2 is 1.66 bits per heavy atom. The summed E-state index contributed by atoms with van der Waals surface area (Å²) in [6.07, 6.45) is 1.74. The first-order valence-corrected chi connectivity index (χ1v) is 9.07. The highest BCUT2D eigenvalue weighted by atomic mass is 35.5. The molecule has 1 aromatic carbocycles. The summed E-state index contributed by atoms with van der Waals surface area (Å²) in [4.78, 5) is 21.9. The Labute approximate surface area is 177 Å². The average Bonchev–Trinajstić information content (AvgIpc) is 2.73. The van der Waals surface area contributed by atoms with E-state index in [0.717, 1.165) is 32.0 Å². The number of likely N-dealkylation sites (N-methyl/N-ethyl adjacent to an activating group) is 1. The SMILES string of the molecule is COc1cc(C(=O)Nc2cccnc2N2CCN(C)CC2)cc(OC)c1OC.Cl. The molecule has 1 aromatic heterocycles. The van der Waals surface area contributed by atoms with Crippen LogP contribution in [0.25, 0.3) is 0 Å². The molecule has 29 heavy (non-hydrogen) atoms. The van der Waals surface area contributed by atoms with E-state index in [4.69, 9.17) is 14.2 Å².